The van der Waals surface area contributed by atoms with Gasteiger partial charge in [0.2, 0.25) is 0 Å². The molecule has 1 N–H and O–H groups in total. The SMILES string of the molecule is O=C(NC12CC3CC(CC(C3)C1)C2)c1nc2ccccc2n1CCN1CCOCC1. The van der Waals surface area contributed by atoms with E-state index in [0.717, 1.165) is 68.2 Å². The lowest BCUT2D eigenvalue weighted by Gasteiger charge is -2.56. The van der Waals surface area contributed by atoms with Crippen LogP contribution in [0.3, 0.4) is 0 Å². The molecule has 4 saturated carbocycles. The predicted octanol–water partition coefficient (Wildman–Crippen LogP) is 3.07. The van der Waals surface area contributed by atoms with Gasteiger partial charge in [-0.3, -0.25) is 9.69 Å². The third-order valence-electron chi connectivity index (χ3n) is 8.02. The summed E-state index contributed by atoms with van der Waals surface area (Å²) in [7, 11) is 0. The molecule has 1 aromatic heterocycles. The maximum Gasteiger partial charge on any atom is 0.287 e. The van der Waals surface area contributed by atoms with Gasteiger partial charge in [0.1, 0.15) is 0 Å². The zero-order chi connectivity index (χ0) is 20.1. The number of para-hydroxylation sites is 2. The van der Waals surface area contributed by atoms with E-state index >= 15 is 0 Å². The van der Waals surface area contributed by atoms with E-state index < -0.39 is 0 Å². The van der Waals surface area contributed by atoms with Crippen LogP contribution in [0.5, 0.6) is 0 Å². The van der Waals surface area contributed by atoms with Gasteiger partial charge in [-0.2, -0.15) is 0 Å². The number of carbonyl (C=O) groups is 1. The van der Waals surface area contributed by atoms with Crippen molar-refractivity contribution in [3.8, 4) is 0 Å². The Bertz CT molecular complexity index is 911. The van der Waals surface area contributed by atoms with Crippen molar-refractivity contribution in [3.05, 3.63) is 30.1 Å². The second-order valence-electron chi connectivity index (χ2n) is 10.2. The molecule has 6 heteroatoms. The smallest absolute Gasteiger partial charge is 0.287 e. The second-order valence-corrected chi connectivity index (χ2v) is 10.2. The van der Waals surface area contributed by atoms with Gasteiger partial charge in [0, 0.05) is 31.7 Å². The van der Waals surface area contributed by atoms with Gasteiger partial charge in [0.15, 0.2) is 5.82 Å². The molecule has 1 aromatic carbocycles. The van der Waals surface area contributed by atoms with Crippen LogP contribution < -0.4 is 5.32 Å². The van der Waals surface area contributed by atoms with E-state index in [0.29, 0.717) is 5.82 Å². The second kappa shape index (κ2) is 7.34. The van der Waals surface area contributed by atoms with Crippen molar-refractivity contribution in [2.24, 2.45) is 17.8 Å². The Hall–Kier alpha value is -1.92. The van der Waals surface area contributed by atoms with E-state index in [2.05, 4.69) is 20.9 Å². The number of ether oxygens (including phenoxy) is 1. The van der Waals surface area contributed by atoms with Gasteiger partial charge in [0.25, 0.3) is 5.91 Å². The standard InChI is InChI=1S/C24H32N4O2/c29-23(26-24-14-17-11-18(15-24)13-19(12-17)16-24)22-25-20-3-1-2-4-21(20)28(22)6-5-27-7-9-30-10-8-27/h1-4,17-19H,5-16H2,(H,26,29). The number of fused-ring (bicyclic) bond motifs is 1. The van der Waals surface area contributed by atoms with Crippen LogP contribution in [0.2, 0.25) is 0 Å². The number of nitrogens with zero attached hydrogens (tertiary/aromatic N) is 3. The molecule has 4 bridgehead atoms. The summed E-state index contributed by atoms with van der Waals surface area (Å²) in [5, 5.41) is 3.52. The van der Waals surface area contributed by atoms with Crippen LogP contribution in [0.15, 0.2) is 24.3 Å². The molecule has 30 heavy (non-hydrogen) atoms. The molecule has 0 atom stereocenters. The minimum Gasteiger partial charge on any atom is -0.379 e. The zero-order valence-corrected chi connectivity index (χ0v) is 17.7. The van der Waals surface area contributed by atoms with Gasteiger partial charge < -0.3 is 14.6 Å². The van der Waals surface area contributed by atoms with Crippen LogP contribution in [0, 0.1) is 17.8 Å². The first-order valence-electron chi connectivity index (χ1n) is 11.8. The van der Waals surface area contributed by atoms with Gasteiger partial charge in [0.05, 0.1) is 24.2 Å². The average molecular weight is 409 g/mol. The number of rotatable bonds is 5. The van der Waals surface area contributed by atoms with Crippen LogP contribution in [-0.4, -0.2) is 58.7 Å². The van der Waals surface area contributed by atoms with Crippen molar-refractivity contribution in [1.82, 2.24) is 19.8 Å². The molecule has 7 rings (SSSR count). The first-order valence-corrected chi connectivity index (χ1v) is 11.8. The Labute approximate surface area is 178 Å². The number of imidazole rings is 1. The quantitative estimate of drug-likeness (QED) is 0.826. The Morgan fingerprint density at radius 2 is 1.70 bits per heavy atom. The molecule has 1 amide bonds. The predicted molar refractivity (Wildman–Crippen MR) is 115 cm³/mol. The van der Waals surface area contributed by atoms with Crippen molar-refractivity contribution in [3.63, 3.8) is 0 Å². The highest BCUT2D eigenvalue weighted by Gasteiger charge is 2.51. The van der Waals surface area contributed by atoms with E-state index in [1.807, 2.05) is 18.2 Å². The molecule has 2 aromatic rings. The Morgan fingerprint density at radius 1 is 1.03 bits per heavy atom. The summed E-state index contributed by atoms with van der Waals surface area (Å²) in [6.07, 6.45) is 7.64. The third kappa shape index (κ3) is 3.34. The molecular formula is C24H32N4O2. The number of nitrogens with one attached hydrogen (secondary N) is 1. The molecule has 0 radical (unpaired) electrons. The Balaban J connectivity index is 1.26. The number of hydrogen-bond acceptors (Lipinski definition) is 4. The van der Waals surface area contributed by atoms with Crippen LogP contribution in [0.25, 0.3) is 11.0 Å². The minimum atomic E-state index is 0.0129. The van der Waals surface area contributed by atoms with Crippen LogP contribution in [0.4, 0.5) is 0 Å². The van der Waals surface area contributed by atoms with Gasteiger partial charge in [-0.15, -0.1) is 0 Å². The highest BCUT2D eigenvalue weighted by Crippen LogP contribution is 2.55. The molecule has 5 aliphatic rings. The van der Waals surface area contributed by atoms with Gasteiger partial charge in [-0.05, 0) is 68.4 Å². The molecular weight excluding hydrogens is 376 g/mol. The van der Waals surface area contributed by atoms with Gasteiger partial charge >= 0.3 is 0 Å². The van der Waals surface area contributed by atoms with Crippen LogP contribution in [0.1, 0.15) is 49.1 Å². The lowest BCUT2D eigenvalue weighted by atomic mass is 9.53. The van der Waals surface area contributed by atoms with Crippen LogP contribution in [-0.2, 0) is 11.3 Å². The van der Waals surface area contributed by atoms with E-state index in [-0.39, 0.29) is 11.4 Å². The highest BCUT2D eigenvalue weighted by atomic mass is 16.5. The first kappa shape index (κ1) is 18.8. The van der Waals surface area contributed by atoms with Crippen molar-refractivity contribution < 1.29 is 9.53 Å². The monoisotopic (exact) mass is 408 g/mol. The molecule has 160 valence electrons. The fourth-order valence-corrected chi connectivity index (χ4v) is 7.10. The van der Waals surface area contributed by atoms with Crippen LogP contribution >= 0.6 is 0 Å². The summed E-state index contributed by atoms with van der Waals surface area (Å²) in [6.45, 7) is 5.21. The van der Waals surface area contributed by atoms with E-state index in [1.165, 1.54) is 38.5 Å². The largest absolute Gasteiger partial charge is 0.379 e. The van der Waals surface area contributed by atoms with E-state index in [9.17, 15) is 4.79 Å². The van der Waals surface area contributed by atoms with Crippen molar-refractivity contribution in [1.29, 1.82) is 0 Å². The fraction of sp³-hybridized carbons (Fsp3) is 0.667. The first-order chi connectivity index (χ1) is 14.7. The minimum absolute atomic E-state index is 0.0129. The topological polar surface area (TPSA) is 59.4 Å². The Kier molecular flexibility index (Phi) is 4.61. The van der Waals surface area contributed by atoms with E-state index in [4.69, 9.17) is 9.72 Å². The fourth-order valence-electron chi connectivity index (χ4n) is 7.10. The lowest BCUT2D eigenvalue weighted by molar-refractivity contribution is -0.0169. The number of aromatic nitrogens is 2. The highest BCUT2D eigenvalue weighted by molar-refractivity contribution is 5.95. The molecule has 0 spiro atoms. The number of morpholine rings is 1. The van der Waals surface area contributed by atoms with Gasteiger partial charge in [-0.25, -0.2) is 4.98 Å². The molecule has 6 nitrogen and oxygen atoms in total. The molecule has 1 aliphatic heterocycles. The molecule has 5 fully saturated rings. The zero-order valence-electron chi connectivity index (χ0n) is 17.7. The molecule has 2 heterocycles. The summed E-state index contributed by atoms with van der Waals surface area (Å²) in [6, 6.07) is 8.14. The summed E-state index contributed by atoms with van der Waals surface area (Å²) >= 11 is 0. The Morgan fingerprint density at radius 3 is 2.40 bits per heavy atom. The maximum absolute atomic E-state index is 13.5. The summed E-state index contributed by atoms with van der Waals surface area (Å²) in [5.74, 6) is 3.06. The van der Waals surface area contributed by atoms with Gasteiger partial charge in [-0.1, -0.05) is 12.1 Å². The van der Waals surface area contributed by atoms with Crippen molar-refractivity contribution in [2.75, 3.05) is 32.8 Å². The lowest BCUT2D eigenvalue weighted by Crippen LogP contribution is -2.60. The summed E-state index contributed by atoms with van der Waals surface area (Å²) in [4.78, 5) is 20.7. The van der Waals surface area contributed by atoms with Crippen molar-refractivity contribution in [2.45, 2.75) is 50.6 Å². The molecule has 0 unspecified atom stereocenters. The van der Waals surface area contributed by atoms with Crippen molar-refractivity contribution >= 4 is 16.9 Å². The molecule has 1 saturated heterocycles. The van der Waals surface area contributed by atoms with E-state index in [1.54, 1.807) is 0 Å². The third-order valence-corrected chi connectivity index (χ3v) is 8.02. The normalized spacial score (nSPS) is 33.3. The number of benzene rings is 1. The summed E-state index contributed by atoms with van der Waals surface area (Å²) < 4.78 is 7.62. The average Bonchev–Trinajstić information content (AvgIpc) is 3.10. The number of carbonyl (C=O) groups excluding carboxylic acids is 1. The number of amides is 1. The molecule has 4 aliphatic carbocycles. The summed E-state index contributed by atoms with van der Waals surface area (Å²) in [5.41, 5.74) is 1.98. The number of hydrogen-bond donors (Lipinski definition) is 1. The maximum atomic E-state index is 13.5.